The van der Waals surface area contributed by atoms with Crippen LogP contribution in [0, 0.1) is 0 Å². The van der Waals surface area contributed by atoms with E-state index in [1.54, 1.807) is 13.3 Å². The van der Waals surface area contributed by atoms with Gasteiger partial charge in [-0.15, -0.1) is 0 Å². The largest absolute Gasteiger partial charge is 0.475 e. The fraction of sp³-hybridized carbons (Fsp3) is 0.375. The lowest BCUT2D eigenvalue weighted by Crippen LogP contribution is -2.06. The van der Waals surface area contributed by atoms with E-state index in [9.17, 15) is 0 Å². The molecule has 0 atom stereocenters. The first kappa shape index (κ1) is 10.1. The van der Waals surface area contributed by atoms with E-state index in [0.29, 0.717) is 30.1 Å². The number of aromatic nitrogens is 4. The molecule has 80 valence electrons. The molecule has 0 aliphatic heterocycles. The quantitative estimate of drug-likeness (QED) is 0.625. The van der Waals surface area contributed by atoms with Crippen LogP contribution in [0.1, 0.15) is 0 Å². The van der Waals surface area contributed by atoms with Crippen LogP contribution in [0.25, 0.3) is 11.0 Å². The van der Waals surface area contributed by atoms with Gasteiger partial charge in [-0.05, 0) is 11.6 Å². The maximum absolute atomic E-state index is 5.71. The Labute approximate surface area is 90.6 Å². The molecule has 0 aliphatic carbocycles. The average Bonchev–Trinajstić information content (AvgIpc) is 2.65. The van der Waals surface area contributed by atoms with Crippen LogP contribution in [0.15, 0.2) is 6.20 Å². The number of fused-ring (bicyclic) bond motifs is 1. The molecule has 0 spiro atoms. The molecule has 2 rings (SSSR count). The molecule has 0 aliphatic rings. The van der Waals surface area contributed by atoms with Crippen molar-refractivity contribution in [2.75, 3.05) is 20.3 Å². The highest BCUT2D eigenvalue weighted by Gasteiger charge is 2.09. The zero-order chi connectivity index (χ0) is 10.7. The number of H-pyrrole nitrogens is 1. The summed E-state index contributed by atoms with van der Waals surface area (Å²) in [4.78, 5) is 7.91. The fourth-order valence-electron chi connectivity index (χ4n) is 1.11. The van der Waals surface area contributed by atoms with E-state index >= 15 is 0 Å². The zero-order valence-electron chi connectivity index (χ0n) is 8.03. The second kappa shape index (κ2) is 4.41. The summed E-state index contributed by atoms with van der Waals surface area (Å²) >= 11 is 5.71. The normalized spacial score (nSPS) is 10.8. The lowest BCUT2D eigenvalue weighted by atomic mass is 10.4. The molecule has 6 nitrogen and oxygen atoms in total. The molecule has 0 saturated carbocycles. The minimum atomic E-state index is 0.124. The monoisotopic (exact) mass is 228 g/mol. The molecule has 15 heavy (non-hydrogen) atoms. The molecule has 0 aromatic carbocycles. The highest BCUT2D eigenvalue weighted by Crippen LogP contribution is 2.21. The Balaban J connectivity index is 2.27. The number of ether oxygens (including phenoxy) is 2. The molecule has 0 saturated heterocycles. The van der Waals surface area contributed by atoms with Crippen molar-refractivity contribution in [3.63, 3.8) is 0 Å². The van der Waals surface area contributed by atoms with Crippen LogP contribution >= 0.6 is 11.6 Å². The van der Waals surface area contributed by atoms with Crippen LogP contribution in [0.3, 0.4) is 0 Å². The Morgan fingerprint density at radius 1 is 1.40 bits per heavy atom. The number of halogens is 1. The summed E-state index contributed by atoms with van der Waals surface area (Å²) in [6.07, 6.45) is 1.59. The first-order valence-corrected chi connectivity index (χ1v) is 4.67. The predicted octanol–water partition coefficient (Wildman–Crippen LogP) is 1.03. The summed E-state index contributed by atoms with van der Waals surface area (Å²) in [7, 11) is 1.60. The molecule has 0 fully saturated rings. The summed E-state index contributed by atoms with van der Waals surface area (Å²) in [5, 5.41) is 7.36. The fourth-order valence-corrected chi connectivity index (χ4v) is 1.28. The number of hydrogen-bond donors (Lipinski definition) is 1. The van der Waals surface area contributed by atoms with Gasteiger partial charge in [0.2, 0.25) is 11.2 Å². The van der Waals surface area contributed by atoms with Gasteiger partial charge in [0.1, 0.15) is 12.0 Å². The summed E-state index contributed by atoms with van der Waals surface area (Å²) in [6, 6.07) is 0. The van der Waals surface area contributed by atoms with Crippen molar-refractivity contribution in [3.05, 3.63) is 11.5 Å². The van der Waals surface area contributed by atoms with Gasteiger partial charge in [0.05, 0.1) is 12.8 Å². The molecule has 7 heteroatoms. The van der Waals surface area contributed by atoms with Gasteiger partial charge in [0.15, 0.2) is 5.65 Å². The van der Waals surface area contributed by atoms with Crippen molar-refractivity contribution in [1.29, 1.82) is 0 Å². The maximum Gasteiger partial charge on any atom is 0.229 e. The Hall–Kier alpha value is -1.40. The molecule has 0 radical (unpaired) electrons. The van der Waals surface area contributed by atoms with Crippen LogP contribution in [0.2, 0.25) is 5.28 Å². The number of methoxy groups -OCH3 is 1. The third-order valence-electron chi connectivity index (χ3n) is 1.77. The smallest absolute Gasteiger partial charge is 0.229 e. The first-order chi connectivity index (χ1) is 7.31. The minimum absolute atomic E-state index is 0.124. The molecule has 0 unspecified atom stereocenters. The van der Waals surface area contributed by atoms with Crippen LogP contribution in [-0.4, -0.2) is 40.5 Å². The summed E-state index contributed by atoms with van der Waals surface area (Å²) in [5.74, 6) is 0.413. The van der Waals surface area contributed by atoms with Crippen molar-refractivity contribution in [2.45, 2.75) is 0 Å². The van der Waals surface area contributed by atoms with Crippen molar-refractivity contribution in [3.8, 4) is 5.88 Å². The Bertz CT molecular complexity index is 459. The van der Waals surface area contributed by atoms with E-state index in [-0.39, 0.29) is 5.28 Å². The van der Waals surface area contributed by atoms with Crippen molar-refractivity contribution in [2.24, 2.45) is 0 Å². The minimum Gasteiger partial charge on any atom is -0.475 e. The molecule has 0 amide bonds. The number of nitrogens with zero attached hydrogens (tertiary/aromatic N) is 3. The maximum atomic E-state index is 5.71. The van der Waals surface area contributed by atoms with Gasteiger partial charge in [0, 0.05) is 7.11 Å². The molecular formula is C8H9ClN4O2. The van der Waals surface area contributed by atoms with Crippen molar-refractivity contribution in [1.82, 2.24) is 20.2 Å². The topological polar surface area (TPSA) is 72.9 Å². The summed E-state index contributed by atoms with van der Waals surface area (Å²) in [6.45, 7) is 0.894. The SMILES string of the molecule is COCCOc1nc(Cl)nc2[nH]ncc12. The van der Waals surface area contributed by atoms with Gasteiger partial charge in [-0.1, -0.05) is 0 Å². The van der Waals surface area contributed by atoms with Gasteiger partial charge in [-0.2, -0.15) is 15.1 Å². The first-order valence-electron chi connectivity index (χ1n) is 4.29. The van der Waals surface area contributed by atoms with Crippen LogP contribution in [0.5, 0.6) is 5.88 Å². The summed E-state index contributed by atoms with van der Waals surface area (Å²) < 4.78 is 10.2. The van der Waals surface area contributed by atoms with E-state index in [2.05, 4.69) is 20.2 Å². The lowest BCUT2D eigenvalue weighted by Gasteiger charge is -2.04. The van der Waals surface area contributed by atoms with Crippen LogP contribution in [0.4, 0.5) is 0 Å². The molecule has 2 heterocycles. The number of hydrogen-bond acceptors (Lipinski definition) is 5. The van der Waals surface area contributed by atoms with Crippen LogP contribution < -0.4 is 4.74 Å². The molecule has 2 aromatic rings. The van der Waals surface area contributed by atoms with E-state index in [0.717, 1.165) is 0 Å². The molecule has 2 aromatic heterocycles. The zero-order valence-corrected chi connectivity index (χ0v) is 8.78. The van der Waals surface area contributed by atoms with E-state index in [4.69, 9.17) is 21.1 Å². The Kier molecular flexibility index (Phi) is 2.98. The Morgan fingerprint density at radius 2 is 2.27 bits per heavy atom. The molecule has 1 N–H and O–H groups in total. The number of aromatic amines is 1. The third kappa shape index (κ3) is 2.16. The Morgan fingerprint density at radius 3 is 3.07 bits per heavy atom. The van der Waals surface area contributed by atoms with Crippen molar-refractivity contribution >= 4 is 22.6 Å². The number of rotatable bonds is 4. The molecular weight excluding hydrogens is 220 g/mol. The standard InChI is InChI=1S/C8H9ClN4O2/c1-14-2-3-15-7-5-4-10-13-6(5)11-8(9)12-7/h4H,2-3H2,1H3,(H,10,11,12,13). The summed E-state index contributed by atoms with van der Waals surface area (Å²) in [5.41, 5.74) is 0.558. The van der Waals surface area contributed by atoms with E-state index < -0.39 is 0 Å². The van der Waals surface area contributed by atoms with Gasteiger partial charge < -0.3 is 9.47 Å². The van der Waals surface area contributed by atoms with Gasteiger partial charge in [-0.25, -0.2) is 0 Å². The van der Waals surface area contributed by atoms with Gasteiger partial charge in [0.25, 0.3) is 0 Å². The third-order valence-corrected chi connectivity index (χ3v) is 1.94. The van der Waals surface area contributed by atoms with Gasteiger partial charge in [-0.3, -0.25) is 5.10 Å². The predicted molar refractivity (Wildman–Crippen MR) is 54.1 cm³/mol. The van der Waals surface area contributed by atoms with Crippen LogP contribution in [-0.2, 0) is 4.74 Å². The molecule has 0 bridgehead atoms. The van der Waals surface area contributed by atoms with Gasteiger partial charge >= 0.3 is 0 Å². The highest BCUT2D eigenvalue weighted by molar-refractivity contribution is 6.28. The van der Waals surface area contributed by atoms with Crippen molar-refractivity contribution < 1.29 is 9.47 Å². The second-order valence-corrected chi connectivity index (χ2v) is 3.11. The highest BCUT2D eigenvalue weighted by atomic mass is 35.5. The average molecular weight is 229 g/mol. The van der Waals surface area contributed by atoms with E-state index in [1.807, 2.05) is 0 Å². The second-order valence-electron chi connectivity index (χ2n) is 2.77. The number of nitrogens with one attached hydrogen (secondary N) is 1. The lowest BCUT2D eigenvalue weighted by molar-refractivity contribution is 0.144. The van der Waals surface area contributed by atoms with E-state index in [1.165, 1.54) is 0 Å².